The number of hydrogen-bond donors (Lipinski definition) is 1. The molecule has 106 valence electrons. The van der Waals surface area contributed by atoms with Crippen molar-refractivity contribution in [3.63, 3.8) is 0 Å². The monoisotopic (exact) mass is 299 g/mol. The Morgan fingerprint density at radius 3 is 2.30 bits per heavy atom. The number of rotatable bonds is 4. The molecular weight excluding hydrogens is 287 g/mol. The van der Waals surface area contributed by atoms with E-state index in [0.717, 1.165) is 5.56 Å². The summed E-state index contributed by atoms with van der Waals surface area (Å²) in [5.41, 5.74) is 1.93. The molecule has 5 heteroatoms. The van der Waals surface area contributed by atoms with Gasteiger partial charge in [0.25, 0.3) is 0 Å². The van der Waals surface area contributed by atoms with E-state index in [1.807, 2.05) is 12.1 Å². The molecule has 0 unspecified atom stereocenters. The van der Waals surface area contributed by atoms with Crippen LogP contribution in [-0.4, -0.2) is 6.18 Å². The maximum atomic E-state index is 12.3. The van der Waals surface area contributed by atoms with Gasteiger partial charge in [-0.05, 0) is 35.4 Å². The van der Waals surface area contributed by atoms with Gasteiger partial charge in [0.2, 0.25) is 0 Å². The van der Waals surface area contributed by atoms with Crippen LogP contribution in [0.1, 0.15) is 11.1 Å². The molecule has 1 nitrogen and oxygen atoms in total. The molecule has 2 aromatic rings. The molecule has 0 bridgehead atoms. The first kappa shape index (κ1) is 14.7. The van der Waals surface area contributed by atoms with Crippen LogP contribution in [0.3, 0.4) is 0 Å². The number of nitrogens with one attached hydrogen (secondary N) is 1. The van der Waals surface area contributed by atoms with Crippen molar-refractivity contribution in [1.82, 2.24) is 0 Å². The summed E-state index contributed by atoms with van der Waals surface area (Å²) in [6.45, 7) is 0.534. The normalized spacial score (nSPS) is 11.4. The summed E-state index contributed by atoms with van der Waals surface area (Å²) < 4.78 is 37.0. The minimum Gasteiger partial charge on any atom is -0.381 e. The Morgan fingerprint density at radius 2 is 1.65 bits per heavy atom. The van der Waals surface area contributed by atoms with Crippen LogP contribution < -0.4 is 5.32 Å². The maximum Gasteiger partial charge on any atom is 0.393 e. The SMILES string of the molecule is FC(F)(F)Cc1cccc(NCc2ccc(Cl)cc2)c1. The molecule has 2 rings (SSSR count). The second-order valence-electron chi connectivity index (χ2n) is 4.47. The van der Waals surface area contributed by atoms with Gasteiger partial charge in [0.15, 0.2) is 0 Å². The highest BCUT2D eigenvalue weighted by molar-refractivity contribution is 6.30. The molecule has 0 aliphatic rings. The predicted octanol–water partition coefficient (Wildman–Crippen LogP) is 5.06. The zero-order chi connectivity index (χ0) is 14.6. The molecule has 0 saturated heterocycles. The number of benzene rings is 2. The first-order valence-electron chi connectivity index (χ1n) is 6.06. The van der Waals surface area contributed by atoms with Gasteiger partial charge in [0, 0.05) is 17.3 Å². The highest BCUT2D eigenvalue weighted by Gasteiger charge is 2.27. The highest BCUT2D eigenvalue weighted by Crippen LogP contribution is 2.23. The van der Waals surface area contributed by atoms with E-state index in [4.69, 9.17) is 11.6 Å². The van der Waals surface area contributed by atoms with Crippen molar-refractivity contribution < 1.29 is 13.2 Å². The van der Waals surface area contributed by atoms with Crippen LogP contribution in [0.25, 0.3) is 0 Å². The number of anilines is 1. The minimum absolute atomic E-state index is 0.249. The highest BCUT2D eigenvalue weighted by atomic mass is 35.5. The molecule has 0 radical (unpaired) electrons. The molecule has 0 saturated carbocycles. The second kappa shape index (κ2) is 6.18. The molecule has 1 N–H and O–H groups in total. The van der Waals surface area contributed by atoms with E-state index >= 15 is 0 Å². The average Bonchev–Trinajstić information content (AvgIpc) is 2.36. The first-order valence-corrected chi connectivity index (χ1v) is 6.44. The van der Waals surface area contributed by atoms with E-state index in [1.165, 1.54) is 12.1 Å². The van der Waals surface area contributed by atoms with Gasteiger partial charge in [0.1, 0.15) is 0 Å². The Kier molecular flexibility index (Phi) is 4.55. The average molecular weight is 300 g/mol. The minimum atomic E-state index is -4.19. The van der Waals surface area contributed by atoms with Crippen molar-refractivity contribution >= 4 is 17.3 Å². The topological polar surface area (TPSA) is 12.0 Å². The zero-order valence-electron chi connectivity index (χ0n) is 10.5. The molecular formula is C15H13ClF3N. The molecule has 2 aromatic carbocycles. The third kappa shape index (κ3) is 4.78. The van der Waals surface area contributed by atoms with E-state index in [9.17, 15) is 13.2 Å². The van der Waals surface area contributed by atoms with Crippen LogP contribution in [0.2, 0.25) is 5.02 Å². The molecule has 0 aliphatic heterocycles. The maximum absolute atomic E-state index is 12.3. The van der Waals surface area contributed by atoms with Gasteiger partial charge in [-0.3, -0.25) is 0 Å². The van der Waals surface area contributed by atoms with Crippen molar-refractivity contribution in [2.45, 2.75) is 19.1 Å². The van der Waals surface area contributed by atoms with Crippen LogP contribution >= 0.6 is 11.6 Å². The largest absolute Gasteiger partial charge is 0.393 e. The lowest BCUT2D eigenvalue weighted by atomic mass is 10.1. The third-order valence-corrected chi connectivity index (χ3v) is 2.99. The van der Waals surface area contributed by atoms with E-state index in [2.05, 4.69) is 5.32 Å². The lowest BCUT2D eigenvalue weighted by Gasteiger charge is -2.10. The standard InChI is InChI=1S/C15H13ClF3N/c16-13-6-4-11(5-7-13)10-20-14-3-1-2-12(8-14)9-15(17,18)19/h1-8,20H,9-10H2. The summed E-state index contributed by atoms with van der Waals surface area (Å²) in [6, 6.07) is 13.6. The van der Waals surface area contributed by atoms with Gasteiger partial charge in [-0.25, -0.2) is 0 Å². The van der Waals surface area contributed by atoms with Gasteiger partial charge in [-0.1, -0.05) is 35.9 Å². The second-order valence-corrected chi connectivity index (χ2v) is 4.91. The fourth-order valence-corrected chi connectivity index (χ4v) is 1.96. The summed E-state index contributed by atoms with van der Waals surface area (Å²) in [4.78, 5) is 0. The van der Waals surface area contributed by atoms with Crippen LogP contribution in [0.5, 0.6) is 0 Å². The van der Waals surface area contributed by atoms with Crippen LogP contribution in [0.4, 0.5) is 18.9 Å². The molecule has 20 heavy (non-hydrogen) atoms. The lowest BCUT2D eigenvalue weighted by molar-refractivity contribution is -0.127. The smallest absolute Gasteiger partial charge is 0.381 e. The van der Waals surface area contributed by atoms with Gasteiger partial charge in [-0.2, -0.15) is 13.2 Å². The summed E-state index contributed by atoms with van der Waals surface area (Å²) in [5.74, 6) is 0. The summed E-state index contributed by atoms with van der Waals surface area (Å²) in [7, 11) is 0. The van der Waals surface area contributed by atoms with Crippen LogP contribution in [0.15, 0.2) is 48.5 Å². The van der Waals surface area contributed by atoms with Gasteiger partial charge in [-0.15, -0.1) is 0 Å². The quantitative estimate of drug-likeness (QED) is 0.832. The van der Waals surface area contributed by atoms with Crippen LogP contribution in [0, 0.1) is 0 Å². The molecule has 0 amide bonds. The fraction of sp³-hybridized carbons (Fsp3) is 0.200. The van der Waals surface area contributed by atoms with Crippen molar-refractivity contribution in [1.29, 1.82) is 0 Å². The Bertz CT molecular complexity index is 564. The van der Waals surface area contributed by atoms with Crippen molar-refractivity contribution in [3.05, 3.63) is 64.7 Å². The van der Waals surface area contributed by atoms with Crippen LogP contribution in [-0.2, 0) is 13.0 Å². The number of alkyl halides is 3. The van der Waals surface area contributed by atoms with E-state index in [-0.39, 0.29) is 5.56 Å². The Hall–Kier alpha value is -1.68. The first-order chi connectivity index (χ1) is 9.42. The van der Waals surface area contributed by atoms with Crippen molar-refractivity contribution in [2.24, 2.45) is 0 Å². The van der Waals surface area contributed by atoms with E-state index in [1.54, 1.807) is 24.3 Å². The number of halogens is 4. The predicted molar refractivity (Wildman–Crippen MR) is 75.0 cm³/mol. The third-order valence-electron chi connectivity index (χ3n) is 2.74. The summed E-state index contributed by atoms with van der Waals surface area (Å²) in [5, 5.41) is 3.75. The van der Waals surface area contributed by atoms with Gasteiger partial charge in [0.05, 0.1) is 6.42 Å². The zero-order valence-corrected chi connectivity index (χ0v) is 11.3. The van der Waals surface area contributed by atoms with Crippen molar-refractivity contribution in [2.75, 3.05) is 5.32 Å². The molecule has 0 aromatic heterocycles. The molecule has 0 fully saturated rings. The lowest BCUT2D eigenvalue weighted by Crippen LogP contribution is -2.11. The Labute approximate surface area is 120 Å². The summed E-state index contributed by atoms with van der Waals surface area (Å²) >= 11 is 5.78. The summed E-state index contributed by atoms with van der Waals surface area (Å²) in [6.07, 6.45) is -5.10. The molecule has 0 spiro atoms. The van der Waals surface area contributed by atoms with Crippen molar-refractivity contribution in [3.8, 4) is 0 Å². The van der Waals surface area contributed by atoms with E-state index in [0.29, 0.717) is 17.3 Å². The van der Waals surface area contributed by atoms with Gasteiger partial charge < -0.3 is 5.32 Å². The Morgan fingerprint density at radius 1 is 0.950 bits per heavy atom. The van der Waals surface area contributed by atoms with Gasteiger partial charge >= 0.3 is 6.18 Å². The molecule has 0 heterocycles. The molecule has 0 atom stereocenters. The fourth-order valence-electron chi connectivity index (χ4n) is 1.83. The number of hydrogen-bond acceptors (Lipinski definition) is 1. The van der Waals surface area contributed by atoms with E-state index < -0.39 is 12.6 Å². The molecule has 0 aliphatic carbocycles. The Balaban J connectivity index is 1.99.